The topological polar surface area (TPSA) is 33.7 Å². The van der Waals surface area contributed by atoms with Crippen LogP contribution in [-0.4, -0.2) is 50.9 Å². The third kappa shape index (κ3) is 5.60. The largest absolute Gasteiger partial charge is 0.490 e. The van der Waals surface area contributed by atoms with Gasteiger partial charge < -0.3 is 14.8 Å². The van der Waals surface area contributed by atoms with Gasteiger partial charge in [-0.3, -0.25) is 4.90 Å². The number of nitrogens with one attached hydrogen (secondary N) is 1. The van der Waals surface area contributed by atoms with Crippen LogP contribution < -0.4 is 10.1 Å². The van der Waals surface area contributed by atoms with Gasteiger partial charge in [-0.1, -0.05) is 30.1 Å². The molecule has 0 radical (unpaired) electrons. The smallest absolute Gasteiger partial charge is 0.156 e. The Morgan fingerprint density at radius 2 is 1.91 bits per heavy atom. The number of benzene rings is 1. The van der Waals surface area contributed by atoms with Crippen LogP contribution in [0.5, 0.6) is 5.75 Å². The molecule has 0 unspecified atom stereocenters. The zero-order chi connectivity index (χ0) is 15.8. The molecule has 0 spiro atoms. The van der Waals surface area contributed by atoms with Crippen molar-refractivity contribution in [3.63, 3.8) is 0 Å². The third-order valence-corrected chi connectivity index (χ3v) is 4.11. The molecule has 1 fully saturated rings. The average molecular weight is 347 g/mol. The fourth-order valence-electron chi connectivity index (χ4n) is 2.35. The molecule has 1 saturated heterocycles. The first kappa shape index (κ1) is 17.8. The van der Waals surface area contributed by atoms with Gasteiger partial charge >= 0.3 is 0 Å². The maximum absolute atomic E-state index is 6.25. The number of ether oxygens (including phenoxy) is 2. The lowest BCUT2D eigenvalue weighted by Crippen LogP contribution is -2.40. The molecule has 0 atom stereocenters. The molecule has 22 heavy (non-hydrogen) atoms. The Bertz CT molecular complexity index is 442. The normalized spacial score (nSPS) is 16.0. The minimum absolute atomic E-state index is 0.575. The summed E-state index contributed by atoms with van der Waals surface area (Å²) in [7, 11) is 0. The van der Waals surface area contributed by atoms with Gasteiger partial charge in [-0.15, -0.1) is 0 Å². The van der Waals surface area contributed by atoms with Crippen molar-refractivity contribution in [3.8, 4) is 5.75 Å². The first-order valence-corrected chi connectivity index (χ1v) is 8.58. The Morgan fingerprint density at radius 1 is 1.23 bits per heavy atom. The minimum Gasteiger partial charge on any atom is -0.490 e. The minimum atomic E-state index is 0.575. The van der Waals surface area contributed by atoms with Crippen LogP contribution in [-0.2, 0) is 11.3 Å². The number of rotatable bonds is 8. The SMILES string of the molecule is CCCOc1c(Cl)cc(CNCCN2CCOCC2)cc1Cl. The van der Waals surface area contributed by atoms with Gasteiger partial charge in [0.15, 0.2) is 5.75 Å². The predicted octanol–water partition coefficient (Wildman–Crippen LogP) is 3.20. The van der Waals surface area contributed by atoms with Crippen molar-refractivity contribution in [3.05, 3.63) is 27.7 Å². The molecule has 0 amide bonds. The van der Waals surface area contributed by atoms with E-state index < -0.39 is 0 Å². The van der Waals surface area contributed by atoms with Crippen LogP contribution >= 0.6 is 23.2 Å². The lowest BCUT2D eigenvalue weighted by atomic mass is 10.2. The zero-order valence-electron chi connectivity index (χ0n) is 13.0. The second kappa shape index (κ2) is 9.58. The summed E-state index contributed by atoms with van der Waals surface area (Å²) in [5, 5.41) is 4.58. The zero-order valence-corrected chi connectivity index (χ0v) is 14.6. The highest BCUT2D eigenvalue weighted by Crippen LogP contribution is 2.34. The van der Waals surface area contributed by atoms with Crippen LogP contribution in [0, 0.1) is 0 Å². The maximum atomic E-state index is 6.25. The molecule has 1 aliphatic heterocycles. The van der Waals surface area contributed by atoms with Crippen LogP contribution in [0.1, 0.15) is 18.9 Å². The predicted molar refractivity (Wildman–Crippen MR) is 91.2 cm³/mol. The molecule has 2 rings (SSSR count). The van der Waals surface area contributed by atoms with Gasteiger partial charge in [-0.2, -0.15) is 0 Å². The Hall–Kier alpha value is -0.520. The molecule has 1 aliphatic rings. The van der Waals surface area contributed by atoms with Crippen molar-refractivity contribution in [2.75, 3.05) is 46.0 Å². The molecular weight excluding hydrogens is 323 g/mol. The fraction of sp³-hybridized carbons (Fsp3) is 0.625. The van der Waals surface area contributed by atoms with Crippen molar-refractivity contribution in [1.82, 2.24) is 10.2 Å². The van der Waals surface area contributed by atoms with E-state index in [1.807, 2.05) is 12.1 Å². The summed E-state index contributed by atoms with van der Waals surface area (Å²) < 4.78 is 10.9. The van der Waals surface area contributed by atoms with Crippen LogP contribution in [0.4, 0.5) is 0 Å². The number of halogens is 2. The maximum Gasteiger partial charge on any atom is 0.156 e. The van der Waals surface area contributed by atoms with E-state index in [2.05, 4.69) is 17.1 Å². The van der Waals surface area contributed by atoms with Gasteiger partial charge in [-0.05, 0) is 24.1 Å². The van der Waals surface area contributed by atoms with Crippen molar-refractivity contribution in [1.29, 1.82) is 0 Å². The van der Waals surface area contributed by atoms with Gasteiger partial charge in [0.25, 0.3) is 0 Å². The van der Waals surface area contributed by atoms with Gasteiger partial charge in [0, 0.05) is 32.7 Å². The van der Waals surface area contributed by atoms with Gasteiger partial charge in [0.2, 0.25) is 0 Å². The molecule has 6 heteroatoms. The second-order valence-corrected chi connectivity index (χ2v) is 6.18. The molecule has 1 heterocycles. The van der Waals surface area contributed by atoms with Crippen molar-refractivity contribution >= 4 is 23.2 Å². The summed E-state index contributed by atoms with van der Waals surface area (Å²) in [6.07, 6.45) is 0.928. The van der Waals surface area contributed by atoms with E-state index in [-0.39, 0.29) is 0 Å². The first-order chi connectivity index (χ1) is 10.7. The molecular formula is C16H24Cl2N2O2. The summed E-state index contributed by atoms with van der Waals surface area (Å²) in [6, 6.07) is 3.83. The summed E-state index contributed by atoms with van der Waals surface area (Å²) in [5.41, 5.74) is 1.07. The number of morpholine rings is 1. The van der Waals surface area contributed by atoms with E-state index in [0.29, 0.717) is 22.4 Å². The summed E-state index contributed by atoms with van der Waals surface area (Å²) >= 11 is 12.5. The van der Waals surface area contributed by atoms with Crippen molar-refractivity contribution in [2.24, 2.45) is 0 Å². The van der Waals surface area contributed by atoms with Crippen LogP contribution in [0.25, 0.3) is 0 Å². The standard InChI is InChI=1S/C16H24Cl2N2O2/c1-2-7-22-16-14(17)10-13(11-15(16)18)12-19-3-4-20-5-8-21-9-6-20/h10-11,19H,2-9,12H2,1H3. The van der Waals surface area contributed by atoms with E-state index in [1.165, 1.54) is 0 Å². The highest BCUT2D eigenvalue weighted by molar-refractivity contribution is 6.37. The number of hydrogen-bond acceptors (Lipinski definition) is 4. The van der Waals surface area contributed by atoms with E-state index >= 15 is 0 Å². The lowest BCUT2D eigenvalue weighted by molar-refractivity contribution is 0.0384. The highest BCUT2D eigenvalue weighted by atomic mass is 35.5. The van der Waals surface area contributed by atoms with Crippen molar-refractivity contribution < 1.29 is 9.47 Å². The van der Waals surface area contributed by atoms with Gasteiger partial charge in [0.1, 0.15) is 0 Å². The highest BCUT2D eigenvalue weighted by Gasteiger charge is 2.11. The Kier molecular flexibility index (Phi) is 7.76. The first-order valence-electron chi connectivity index (χ1n) is 7.82. The van der Waals surface area contributed by atoms with Crippen LogP contribution in [0.2, 0.25) is 10.0 Å². The quantitative estimate of drug-likeness (QED) is 0.733. The van der Waals surface area contributed by atoms with Crippen LogP contribution in [0.3, 0.4) is 0 Å². The van der Waals surface area contributed by atoms with E-state index in [4.69, 9.17) is 32.7 Å². The molecule has 4 nitrogen and oxygen atoms in total. The summed E-state index contributed by atoms with van der Waals surface area (Å²) in [6.45, 7) is 9.09. The second-order valence-electron chi connectivity index (χ2n) is 5.37. The Labute approximate surface area is 142 Å². The fourth-order valence-corrected chi connectivity index (χ4v) is 2.99. The van der Waals surface area contributed by atoms with E-state index in [0.717, 1.165) is 57.9 Å². The molecule has 1 N–H and O–H groups in total. The van der Waals surface area contributed by atoms with E-state index in [1.54, 1.807) is 0 Å². The van der Waals surface area contributed by atoms with Gasteiger partial charge in [0.05, 0.1) is 29.9 Å². The third-order valence-electron chi connectivity index (χ3n) is 3.55. The number of hydrogen-bond donors (Lipinski definition) is 1. The Balaban J connectivity index is 1.77. The molecule has 0 saturated carbocycles. The molecule has 0 bridgehead atoms. The molecule has 0 aliphatic carbocycles. The summed E-state index contributed by atoms with van der Waals surface area (Å²) in [4.78, 5) is 2.40. The van der Waals surface area contributed by atoms with Crippen LogP contribution in [0.15, 0.2) is 12.1 Å². The monoisotopic (exact) mass is 346 g/mol. The number of nitrogens with zero attached hydrogens (tertiary/aromatic N) is 1. The average Bonchev–Trinajstić information content (AvgIpc) is 2.52. The summed E-state index contributed by atoms with van der Waals surface area (Å²) in [5.74, 6) is 0.585. The molecule has 124 valence electrons. The van der Waals surface area contributed by atoms with Crippen molar-refractivity contribution in [2.45, 2.75) is 19.9 Å². The molecule has 1 aromatic rings. The Morgan fingerprint density at radius 3 is 2.55 bits per heavy atom. The lowest BCUT2D eigenvalue weighted by Gasteiger charge is -2.26. The molecule has 0 aromatic heterocycles. The molecule has 1 aromatic carbocycles. The van der Waals surface area contributed by atoms with E-state index in [9.17, 15) is 0 Å². The van der Waals surface area contributed by atoms with Gasteiger partial charge in [-0.25, -0.2) is 0 Å².